The number of aliphatic imine (C=N–C) groups is 1. The van der Waals surface area contributed by atoms with Gasteiger partial charge in [0, 0.05) is 27.2 Å². The summed E-state index contributed by atoms with van der Waals surface area (Å²) in [4.78, 5) is 32.9. The predicted molar refractivity (Wildman–Crippen MR) is 149 cm³/mol. The van der Waals surface area contributed by atoms with Crippen LogP contribution in [0.4, 0.5) is 0 Å². The largest absolute Gasteiger partial charge is 0.309 e. The van der Waals surface area contributed by atoms with Crippen LogP contribution in [0.2, 0.25) is 10.0 Å². The molecule has 3 aliphatic rings. The van der Waals surface area contributed by atoms with E-state index in [1.165, 1.54) is 0 Å². The fourth-order valence-electron chi connectivity index (χ4n) is 6.38. The van der Waals surface area contributed by atoms with Crippen molar-refractivity contribution in [2.75, 3.05) is 0 Å². The standard InChI is InChI=1S/C30H38Cl2N2O2/c1-5-26(21-9-7-8-20(19-35)10-11-21)34-28(36)27(22-16-24(31)18-25(32)17-22)33-30(34)14-12-23(13-15-30)29(3,4)6-2/h8,10-11,16-19,21,23,26H,5-7,9,12-15H2,1-4H3. The van der Waals surface area contributed by atoms with Crippen molar-refractivity contribution in [1.82, 2.24) is 4.90 Å². The van der Waals surface area contributed by atoms with Gasteiger partial charge in [-0.2, -0.15) is 0 Å². The van der Waals surface area contributed by atoms with Crippen LogP contribution in [0, 0.1) is 17.3 Å². The van der Waals surface area contributed by atoms with Crippen LogP contribution in [0.3, 0.4) is 0 Å². The molecule has 2 unspecified atom stereocenters. The lowest BCUT2D eigenvalue weighted by Crippen LogP contribution is -2.56. The van der Waals surface area contributed by atoms with Gasteiger partial charge >= 0.3 is 0 Å². The molecule has 1 aromatic rings. The first-order valence-corrected chi connectivity index (χ1v) is 14.1. The fraction of sp³-hybridized carbons (Fsp3) is 0.567. The van der Waals surface area contributed by atoms with Gasteiger partial charge in [-0.15, -0.1) is 0 Å². The second kappa shape index (κ2) is 10.8. The van der Waals surface area contributed by atoms with Crippen LogP contribution in [-0.2, 0) is 9.59 Å². The Labute approximate surface area is 225 Å². The van der Waals surface area contributed by atoms with E-state index in [0.29, 0.717) is 32.8 Å². The lowest BCUT2D eigenvalue weighted by atomic mass is 9.67. The van der Waals surface area contributed by atoms with E-state index >= 15 is 0 Å². The van der Waals surface area contributed by atoms with E-state index in [1.807, 2.05) is 12.2 Å². The van der Waals surface area contributed by atoms with Crippen molar-refractivity contribution >= 4 is 41.1 Å². The molecule has 4 nitrogen and oxygen atoms in total. The highest BCUT2D eigenvalue weighted by Gasteiger charge is 2.53. The van der Waals surface area contributed by atoms with Crippen molar-refractivity contribution in [3.05, 3.63) is 57.6 Å². The highest BCUT2D eigenvalue weighted by Crippen LogP contribution is 2.49. The van der Waals surface area contributed by atoms with Crippen LogP contribution in [-0.4, -0.2) is 34.5 Å². The minimum atomic E-state index is -0.552. The molecule has 2 aliphatic carbocycles. The summed E-state index contributed by atoms with van der Waals surface area (Å²) in [5.41, 5.74) is 1.58. The van der Waals surface area contributed by atoms with Crippen molar-refractivity contribution in [3.63, 3.8) is 0 Å². The average molecular weight is 530 g/mol. The second-order valence-corrected chi connectivity index (χ2v) is 12.2. The molecular weight excluding hydrogens is 491 g/mol. The highest BCUT2D eigenvalue weighted by atomic mass is 35.5. The molecule has 0 aromatic heterocycles. The number of carbonyl (C=O) groups excluding carboxylic acids is 2. The molecular formula is C30H38Cl2N2O2. The van der Waals surface area contributed by atoms with Gasteiger partial charge in [-0.25, -0.2) is 0 Å². The summed E-state index contributed by atoms with van der Waals surface area (Å²) in [7, 11) is 0. The van der Waals surface area contributed by atoms with E-state index in [2.05, 4.69) is 38.7 Å². The molecule has 1 aromatic carbocycles. The first kappa shape index (κ1) is 27.1. The summed E-state index contributed by atoms with van der Waals surface area (Å²) < 4.78 is 0. The molecule has 1 amide bonds. The van der Waals surface area contributed by atoms with Crippen LogP contribution < -0.4 is 0 Å². The number of carbonyl (C=O) groups is 2. The molecule has 1 fully saturated rings. The normalized spacial score (nSPS) is 27.6. The summed E-state index contributed by atoms with van der Waals surface area (Å²) in [5.74, 6) is 0.739. The van der Waals surface area contributed by atoms with E-state index in [4.69, 9.17) is 28.2 Å². The summed E-state index contributed by atoms with van der Waals surface area (Å²) in [6.45, 7) is 9.14. The molecule has 0 bridgehead atoms. The maximum Gasteiger partial charge on any atom is 0.274 e. The first-order chi connectivity index (χ1) is 17.1. The lowest BCUT2D eigenvalue weighted by Gasteiger charge is -2.49. The monoisotopic (exact) mass is 528 g/mol. The molecule has 1 spiro atoms. The van der Waals surface area contributed by atoms with E-state index in [1.54, 1.807) is 18.2 Å². The van der Waals surface area contributed by atoms with Gasteiger partial charge in [0.2, 0.25) is 0 Å². The molecule has 6 heteroatoms. The number of halogens is 2. The third-order valence-corrected chi connectivity index (χ3v) is 9.36. The Hall–Kier alpha value is -1.91. The molecule has 194 valence electrons. The van der Waals surface area contributed by atoms with Crippen molar-refractivity contribution in [1.29, 1.82) is 0 Å². The zero-order valence-corrected chi connectivity index (χ0v) is 23.4. The van der Waals surface area contributed by atoms with Gasteiger partial charge in [-0.1, -0.05) is 75.5 Å². The number of amides is 1. The second-order valence-electron chi connectivity index (χ2n) is 11.3. The predicted octanol–water partition coefficient (Wildman–Crippen LogP) is 7.82. The van der Waals surface area contributed by atoms with E-state index in [-0.39, 0.29) is 23.3 Å². The minimum absolute atomic E-state index is 0.000191. The van der Waals surface area contributed by atoms with Gasteiger partial charge in [0.25, 0.3) is 5.91 Å². The number of benzene rings is 1. The fourth-order valence-corrected chi connectivity index (χ4v) is 6.91. The van der Waals surface area contributed by atoms with Gasteiger partial charge in [-0.3, -0.25) is 14.6 Å². The van der Waals surface area contributed by atoms with Crippen molar-refractivity contribution in [3.8, 4) is 0 Å². The van der Waals surface area contributed by atoms with Crippen LogP contribution in [0.5, 0.6) is 0 Å². The van der Waals surface area contributed by atoms with E-state index in [0.717, 1.165) is 57.7 Å². The molecule has 0 saturated heterocycles. The topological polar surface area (TPSA) is 49.7 Å². The Kier molecular flexibility index (Phi) is 8.16. The number of hydrogen-bond donors (Lipinski definition) is 0. The van der Waals surface area contributed by atoms with E-state index < -0.39 is 5.66 Å². The molecule has 0 radical (unpaired) electrons. The van der Waals surface area contributed by atoms with Gasteiger partial charge in [0.15, 0.2) is 0 Å². The number of rotatable bonds is 7. The lowest BCUT2D eigenvalue weighted by molar-refractivity contribution is -0.134. The number of nitrogens with zero attached hydrogens (tertiary/aromatic N) is 2. The summed E-state index contributed by atoms with van der Waals surface area (Å²) in [6.07, 6.45) is 14.4. The first-order valence-electron chi connectivity index (χ1n) is 13.4. The van der Waals surface area contributed by atoms with Crippen molar-refractivity contribution < 1.29 is 9.59 Å². The molecule has 1 aliphatic heterocycles. The number of allylic oxidation sites excluding steroid dienone is 3. The Bertz CT molecular complexity index is 1080. The molecule has 0 N–H and O–H groups in total. The molecule has 2 atom stereocenters. The summed E-state index contributed by atoms with van der Waals surface area (Å²) >= 11 is 12.6. The summed E-state index contributed by atoms with van der Waals surface area (Å²) in [6, 6.07) is 5.26. The van der Waals surface area contributed by atoms with Gasteiger partial charge in [0.1, 0.15) is 17.7 Å². The van der Waals surface area contributed by atoms with Crippen LogP contribution in [0.25, 0.3) is 0 Å². The van der Waals surface area contributed by atoms with Gasteiger partial charge in [0.05, 0.1) is 0 Å². The molecule has 36 heavy (non-hydrogen) atoms. The SMILES string of the molecule is CCC(C1C=CC(C=O)=CCC1)N1C(=O)C(c2cc(Cl)cc(Cl)c2)=NC12CCC(C(C)(C)CC)CC2. The Morgan fingerprint density at radius 1 is 1.14 bits per heavy atom. The average Bonchev–Trinajstić information content (AvgIpc) is 3.00. The van der Waals surface area contributed by atoms with Gasteiger partial charge < -0.3 is 4.90 Å². The zero-order chi connectivity index (χ0) is 26.1. The minimum Gasteiger partial charge on any atom is -0.309 e. The van der Waals surface area contributed by atoms with E-state index in [9.17, 15) is 9.59 Å². The van der Waals surface area contributed by atoms with Gasteiger partial charge in [-0.05, 0) is 80.4 Å². The third-order valence-electron chi connectivity index (χ3n) is 8.92. The highest BCUT2D eigenvalue weighted by molar-refractivity contribution is 6.47. The third kappa shape index (κ3) is 5.22. The Balaban J connectivity index is 1.73. The van der Waals surface area contributed by atoms with Crippen LogP contribution in [0.1, 0.15) is 84.6 Å². The smallest absolute Gasteiger partial charge is 0.274 e. The zero-order valence-electron chi connectivity index (χ0n) is 21.9. The quantitative estimate of drug-likeness (QED) is 0.338. The number of aldehydes is 1. The molecule has 4 rings (SSSR count). The van der Waals surface area contributed by atoms with Crippen LogP contribution in [0.15, 0.2) is 47.0 Å². The summed E-state index contributed by atoms with van der Waals surface area (Å²) in [5, 5.41) is 1.00. The van der Waals surface area contributed by atoms with Crippen LogP contribution >= 0.6 is 23.2 Å². The van der Waals surface area contributed by atoms with Crippen molar-refractivity contribution in [2.24, 2.45) is 22.2 Å². The molecule has 1 saturated carbocycles. The maximum atomic E-state index is 14.2. The number of hydrogen-bond acceptors (Lipinski definition) is 3. The maximum absolute atomic E-state index is 14.2. The molecule has 1 heterocycles. The Morgan fingerprint density at radius 3 is 2.39 bits per heavy atom. The van der Waals surface area contributed by atoms with Crippen molar-refractivity contribution in [2.45, 2.75) is 90.8 Å². The Morgan fingerprint density at radius 2 is 1.81 bits per heavy atom.